The van der Waals surface area contributed by atoms with Crippen molar-refractivity contribution < 1.29 is 19.1 Å². The largest absolute Gasteiger partial charge is 0.465 e. The SMILES string of the molecule is CCOC(=O)[C@H](CSN=O)NCc1ccccc1OC(C)=O. The molecule has 0 aliphatic carbocycles. The second-order valence-corrected chi connectivity index (χ2v) is 5.00. The molecule has 0 spiro atoms. The summed E-state index contributed by atoms with van der Waals surface area (Å²) in [4.78, 5) is 33.1. The lowest BCUT2D eigenvalue weighted by Gasteiger charge is -2.16. The molecule has 7 nitrogen and oxygen atoms in total. The number of carbonyl (C=O) groups is 2. The van der Waals surface area contributed by atoms with Crippen LogP contribution in [0.15, 0.2) is 28.8 Å². The van der Waals surface area contributed by atoms with E-state index >= 15 is 0 Å². The molecule has 0 radical (unpaired) electrons. The van der Waals surface area contributed by atoms with Crippen molar-refractivity contribution in [2.24, 2.45) is 4.58 Å². The van der Waals surface area contributed by atoms with E-state index in [9.17, 15) is 14.5 Å². The van der Waals surface area contributed by atoms with Crippen molar-refractivity contribution in [3.05, 3.63) is 34.7 Å². The van der Waals surface area contributed by atoms with E-state index in [1.54, 1.807) is 31.2 Å². The third-order valence-electron chi connectivity index (χ3n) is 2.63. The number of nitrogens with one attached hydrogen (secondary N) is 1. The van der Waals surface area contributed by atoms with E-state index in [0.29, 0.717) is 5.75 Å². The Morgan fingerprint density at radius 2 is 2.09 bits per heavy atom. The predicted molar refractivity (Wildman–Crippen MR) is 83.3 cm³/mol. The van der Waals surface area contributed by atoms with E-state index in [1.165, 1.54) is 6.92 Å². The van der Waals surface area contributed by atoms with E-state index in [1.807, 2.05) is 0 Å². The average molecular weight is 326 g/mol. The minimum Gasteiger partial charge on any atom is -0.465 e. The van der Waals surface area contributed by atoms with Crippen LogP contribution in [0.1, 0.15) is 19.4 Å². The van der Waals surface area contributed by atoms with Crippen LogP contribution >= 0.6 is 11.9 Å². The molecule has 0 amide bonds. The van der Waals surface area contributed by atoms with E-state index in [0.717, 1.165) is 17.5 Å². The van der Waals surface area contributed by atoms with Gasteiger partial charge in [0.25, 0.3) is 0 Å². The first-order valence-corrected chi connectivity index (χ1v) is 7.63. The Labute approximate surface area is 132 Å². The summed E-state index contributed by atoms with van der Waals surface area (Å²) in [7, 11) is 0. The molecule has 1 aromatic rings. The first-order chi connectivity index (χ1) is 10.6. The fraction of sp³-hybridized carbons (Fsp3) is 0.429. The molecule has 1 N–H and O–H groups in total. The van der Waals surface area contributed by atoms with E-state index < -0.39 is 18.0 Å². The molecule has 0 aliphatic heterocycles. The molecule has 0 aliphatic rings. The molecule has 1 aromatic carbocycles. The van der Waals surface area contributed by atoms with Gasteiger partial charge in [-0.3, -0.25) is 14.9 Å². The summed E-state index contributed by atoms with van der Waals surface area (Å²) in [6, 6.07) is 6.31. The molecule has 22 heavy (non-hydrogen) atoms. The number of hydrogen-bond acceptors (Lipinski definition) is 8. The van der Waals surface area contributed by atoms with Crippen LogP contribution in [0.3, 0.4) is 0 Å². The highest BCUT2D eigenvalue weighted by molar-refractivity contribution is 7.97. The number of hydrogen-bond donors (Lipinski definition) is 1. The number of esters is 2. The van der Waals surface area contributed by atoms with Crippen molar-refractivity contribution in [1.82, 2.24) is 5.32 Å². The van der Waals surface area contributed by atoms with Crippen molar-refractivity contribution in [2.75, 3.05) is 12.4 Å². The van der Waals surface area contributed by atoms with Gasteiger partial charge in [-0.15, -0.1) is 4.91 Å². The second-order valence-electron chi connectivity index (χ2n) is 4.26. The maximum absolute atomic E-state index is 11.8. The summed E-state index contributed by atoms with van der Waals surface area (Å²) in [5, 5.41) is 2.98. The fourth-order valence-electron chi connectivity index (χ4n) is 1.70. The molecule has 0 fully saturated rings. The predicted octanol–water partition coefficient (Wildman–Crippen LogP) is 2.05. The van der Waals surface area contributed by atoms with Crippen LogP contribution in [-0.2, 0) is 20.9 Å². The standard InChI is InChI=1S/C14H18N2O5S/c1-3-20-14(18)12(9-22-16-19)15-8-11-6-4-5-7-13(11)21-10(2)17/h4-7,12,15H,3,8-9H2,1-2H3/t12-/m0/s1. The van der Waals surface area contributed by atoms with Gasteiger partial charge in [0.1, 0.15) is 11.8 Å². The lowest BCUT2D eigenvalue weighted by molar-refractivity contribution is -0.145. The molecule has 0 unspecified atom stereocenters. The lowest BCUT2D eigenvalue weighted by atomic mass is 10.2. The quantitative estimate of drug-likeness (QED) is 0.321. The highest BCUT2D eigenvalue weighted by Crippen LogP contribution is 2.18. The highest BCUT2D eigenvalue weighted by atomic mass is 32.2. The maximum Gasteiger partial charge on any atom is 0.324 e. The van der Waals surface area contributed by atoms with Gasteiger partial charge in [-0.05, 0) is 13.0 Å². The van der Waals surface area contributed by atoms with Gasteiger partial charge in [0.2, 0.25) is 0 Å². The topological polar surface area (TPSA) is 94.1 Å². The Hall–Kier alpha value is -1.93. The summed E-state index contributed by atoms with van der Waals surface area (Å²) >= 11 is 0.741. The average Bonchev–Trinajstić information content (AvgIpc) is 2.48. The zero-order valence-corrected chi connectivity index (χ0v) is 13.2. The van der Waals surface area contributed by atoms with Gasteiger partial charge in [0.15, 0.2) is 0 Å². The summed E-state index contributed by atoms with van der Waals surface area (Å²) in [5.74, 6) is -0.289. The van der Waals surface area contributed by atoms with E-state index in [2.05, 4.69) is 9.90 Å². The zero-order chi connectivity index (χ0) is 16.4. The number of nitroso groups, excluding NO2 is 1. The zero-order valence-electron chi connectivity index (χ0n) is 12.4. The molecule has 0 heterocycles. The molecule has 0 saturated carbocycles. The molecular weight excluding hydrogens is 308 g/mol. The molecular formula is C14H18N2O5S. The monoisotopic (exact) mass is 326 g/mol. The molecule has 0 aromatic heterocycles. The molecule has 0 saturated heterocycles. The lowest BCUT2D eigenvalue weighted by Crippen LogP contribution is -2.39. The van der Waals surface area contributed by atoms with Crippen LogP contribution in [0.2, 0.25) is 0 Å². The van der Waals surface area contributed by atoms with E-state index in [-0.39, 0.29) is 18.9 Å². The van der Waals surface area contributed by atoms with Gasteiger partial charge in [-0.25, -0.2) is 0 Å². The number of carbonyl (C=O) groups excluding carboxylic acids is 2. The van der Waals surface area contributed by atoms with Crippen LogP contribution in [0.25, 0.3) is 0 Å². The number of nitrogens with zero attached hydrogens (tertiary/aromatic N) is 1. The molecule has 1 atom stereocenters. The van der Waals surface area contributed by atoms with Crippen LogP contribution < -0.4 is 10.1 Å². The Balaban J connectivity index is 2.73. The first-order valence-electron chi connectivity index (χ1n) is 6.69. The van der Waals surface area contributed by atoms with E-state index in [4.69, 9.17) is 9.47 Å². The van der Waals surface area contributed by atoms with Gasteiger partial charge in [-0.1, -0.05) is 18.2 Å². The van der Waals surface area contributed by atoms with Gasteiger partial charge in [0.05, 0.1) is 6.61 Å². The van der Waals surface area contributed by atoms with Gasteiger partial charge in [0, 0.05) is 41.3 Å². The smallest absolute Gasteiger partial charge is 0.324 e. The number of benzene rings is 1. The summed E-state index contributed by atoms with van der Waals surface area (Å²) in [6.07, 6.45) is 0. The Bertz CT molecular complexity index is 524. The minimum atomic E-state index is -0.673. The number of para-hydroxylation sites is 1. The molecule has 8 heteroatoms. The van der Waals surface area contributed by atoms with Gasteiger partial charge >= 0.3 is 11.9 Å². The summed E-state index contributed by atoms with van der Waals surface area (Å²) < 4.78 is 12.7. The molecule has 0 bridgehead atoms. The van der Waals surface area contributed by atoms with Crippen molar-refractivity contribution in [2.45, 2.75) is 26.4 Å². The second kappa shape index (κ2) is 9.91. The van der Waals surface area contributed by atoms with Crippen molar-refractivity contribution in [3.63, 3.8) is 0 Å². The summed E-state index contributed by atoms with van der Waals surface area (Å²) in [6.45, 7) is 3.56. The number of rotatable bonds is 9. The Morgan fingerprint density at radius 1 is 1.36 bits per heavy atom. The van der Waals surface area contributed by atoms with Crippen molar-refractivity contribution in [3.8, 4) is 5.75 Å². The van der Waals surface area contributed by atoms with Gasteiger partial charge < -0.3 is 9.47 Å². The van der Waals surface area contributed by atoms with Crippen molar-refractivity contribution >= 4 is 23.9 Å². The van der Waals surface area contributed by atoms with Crippen molar-refractivity contribution in [1.29, 1.82) is 0 Å². The fourth-order valence-corrected chi connectivity index (χ4v) is 2.16. The van der Waals surface area contributed by atoms with Gasteiger partial charge in [-0.2, -0.15) is 0 Å². The van der Waals surface area contributed by atoms with Crippen LogP contribution in [0.5, 0.6) is 5.75 Å². The highest BCUT2D eigenvalue weighted by Gasteiger charge is 2.20. The Morgan fingerprint density at radius 3 is 2.73 bits per heavy atom. The van der Waals surface area contributed by atoms with Crippen LogP contribution in [0, 0.1) is 4.91 Å². The number of ether oxygens (including phenoxy) is 2. The third-order valence-corrected chi connectivity index (χ3v) is 3.22. The van der Waals surface area contributed by atoms with Crippen LogP contribution in [-0.4, -0.2) is 30.3 Å². The first kappa shape index (κ1) is 18.1. The van der Waals surface area contributed by atoms with Crippen LogP contribution in [0.4, 0.5) is 0 Å². The third kappa shape index (κ3) is 6.23. The Kier molecular flexibility index (Phi) is 8.16. The summed E-state index contributed by atoms with van der Waals surface area (Å²) in [5.41, 5.74) is 0.719. The molecule has 1 rings (SSSR count). The normalized spacial score (nSPS) is 11.5. The molecule has 120 valence electrons. The maximum atomic E-state index is 11.8. The minimum absolute atomic E-state index is 0.165.